The van der Waals surface area contributed by atoms with E-state index in [9.17, 15) is 4.79 Å². The van der Waals surface area contributed by atoms with Crippen LogP contribution in [0.25, 0.3) is 0 Å². The van der Waals surface area contributed by atoms with Gasteiger partial charge in [-0.15, -0.1) is 0 Å². The number of amides is 1. The predicted molar refractivity (Wildman–Crippen MR) is 137 cm³/mol. The first kappa shape index (κ1) is 23.8. The van der Waals surface area contributed by atoms with Gasteiger partial charge in [0, 0.05) is 25.2 Å². The van der Waals surface area contributed by atoms with Crippen LogP contribution in [0.3, 0.4) is 0 Å². The van der Waals surface area contributed by atoms with Crippen molar-refractivity contribution < 1.29 is 4.79 Å². The van der Waals surface area contributed by atoms with E-state index in [1.807, 2.05) is 47.4 Å². The van der Waals surface area contributed by atoms with E-state index in [4.69, 9.17) is 23.2 Å². The van der Waals surface area contributed by atoms with E-state index in [-0.39, 0.29) is 5.91 Å². The third-order valence-corrected chi connectivity index (χ3v) is 7.16. The minimum Gasteiger partial charge on any atom is -0.333 e. The molecule has 0 atom stereocenters. The van der Waals surface area contributed by atoms with Crippen LogP contribution in [0.1, 0.15) is 34.3 Å². The van der Waals surface area contributed by atoms with E-state index in [0.29, 0.717) is 28.7 Å². The molecule has 0 unspecified atom stereocenters. The Kier molecular flexibility index (Phi) is 8.44. The maximum atomic E-state index is 13.3. The summed E-state index contributed by atoms with van der Waals surface area (Å²) in [6.07, 6.45) is 3.56. The maximum Gasteiger partial charge on any atom is 0.254 e. The number of likely N-dealkylation sites (tertiary alicyclic amines) is 1. The van der Waals surface area contributed by atoms with Crippen LogP contribution in [0.5, 0.6) is 0 Å². The van der Waals surface area contributed by atoms with Gasteiger partial charge >= 0.3 is 0 Å². The number of nitrogens with zero attached hydrogens (tertiary/aromatic N) is 2. The van der Waals surface area contributed by atoms with Crippen molar-refractivity contribution in [3.8, 4) is 0 Å². The minimum atomic E-state index is 0.0423. The Morgan fingerprint density at radius 2 is 1.52 bits per heavy atom. The van der Waals surface area contributed by atoms with E-state index < -0.39 is 0 Å². The molecule has 1 saturated heterocycles. The highest BCUT2D eigenvalue weighted by molar-refractivity contribution is 6.42. The lowest BCUT2D eigenvalue weighted by Crippen LogP contribution is -2.41. The lowest BCUT2D eigenvalue weighted by Gasteiger charge is -2.34. The molecular weight excluding hydrogens is 451 g/mol. The molecule has 0 N–H and O–H groups in total. The second kappa shape index (κ2) is 11.7. The Labute approximate surface area is 206 Å². The predicted octanol–water partition coefficient (Wildman–Crippen LogP) is 6.59. The molecule has 0 aliphatic carbocycles. The highest BCUT2D eigenvalue weighted by Gasteiger charge is 2.22. The topological polar surface area (TPSA) is 23.6 Å². The largest absolute Gasteiger partial charge is 0.333 e. The fourth-order valence-corrected chi connectivity index (χ4v) is 4.82. The third kappa shape index (κ3) is 6.83. The molecule has 0 spiro atoms. The number of hydrogen-bond acceptors (Lipinski definition) is 2. The van der Waals surface area contributed by atoms with Crippen LogP contribution in [0.2, 0.25) is 10.0 Å². The zero-order chi connectivity index (χ0) is 23.0. The summed E-state index contributed by atoms with van der Waals surface area (Å²) in [5.74, 6) is 0.780. The van der Waals surface area contributed by atoms with Gasteiger partial charge in [-0.05, 0) is 73.7 Å². The van der Waals surface area contributed by atoms with Crippen LogP contribution in [0.4, 0.5) is 0 Å². The van der Waals surface area contributed by atoms with Gasteiger partial charge in [-0.1, -0.05) is 77.8 Å². The first-order valence-electron chi connectivity index (χ1n) is 11.6. The summed E-state index contributed by atoms with van der Waals surface area (Å²) in [5.41, 5.74) is 3.12. The Balaban J connectivity index is 1.36. The standard InChI is InChI=1S/C28H30Cl2N2O/c29-26-12-11-24(20-27(26)30)21-32(28(33)25-9-5-2-6-10-25)18-17-31-15-13-23(14-16-31)19-22-7-3-1-4-8-22/h1-12,20,23H,13-19,21H2. The Hall–Kier alpha value is -2.33. The molecular formula is C28H30Cl2N2O. The van der Waals surface area contributed by atoms with Crippen molar-refractivity contribution in [1.29, 1.82) is 0 Å². The molecule has 1 heterocycles. The normalized spacial score (nSPS) is 14.8. The molecule has 33 heavy (non-hydrogen) atoms. The molecule has 172 valence electrons. The minimum absolute atomic E-state index is 0.0423. The van der Waals surface area contributed by atoms with Gasteiger partial charge < -0.3 is 9.80 Å². The van der Waals surface area contributed by atoms with Crippen LogP contribution in [-0.4, -0.2) is 41.9 Å². The second-order valence-corrected chi connectivity index (χ2v) is 9.63. The Morgan fingerprint density at radius 3 is 2.18 bits per heavy atom. The molecule has 0 saturated carbocycles. The van der Waals surface area contributed by atoms with Crippen LogP contribution in [0.15, 0.2) is 78.9 Å². The van der Waals surface area contributed by atoms with Crippen molar-refractivity contribution in [3.63, 3.8) is 0 Å². The van der Waals surface area contributed by atoms with E-state index in [1.165, 1.54) is 18.4 Å². The molecule has 3 nitrogen and oxygen atoms in total. The van der Waals surface area contributed by atoms with Crippen LogP contribution in [-0.2, 0) is 13.0 Å². The average Bonchev–Trinajstić information content (AvgIpc) is 2.85. The second-order valence-electron chi connectivity index (χ2n) is 8.82. The fourth-order valence-electron chi connectivity index (χ4n) is 4.50. The number of benzene rings is 3. The zero-order valence-corrected chi connectivity index (χ0v) is 20.3. The van der Waals surface area contributed by atoms with Gasteiger partial charge in [-0.25, -0.2) is 0 Å². The molecule has 5 heteroatoms. The van der Waals surface area contributed by atoms with Crippen molar-refractivity contribution in [1.82, 2.24) is 9.80 Å². The molecule has 0 radical (unpaired) electrons. The van der Waals surface area contributed by atoms with E-state index in [1.54, 1.807) is 6.07 Å². The highest BCUT2D eigenvalue weighted by atomic mass is 35.5. The van der Waals surface area contributed by atoms with Gasteiger partial charge in [0.05, 0.1) is 10.0 Å². The van der Waals surface area contributed by atoms with Crippen LogP contribution < -0.4 is 0 Å². The summed E-state index contributed by atoms with van der Waals surface area (Å²) in [7, 11) is 0. The molecule has 1 amide bonds. The number of hydrogen-bond donors (Lipinski definition) is 0. The van der Waals surface area contributed by atoms with Crippen molar-refractivity contribution in [2.45, 2.75) is 25.8 Å². The third-order valence-electron chi connectivity index (χ3n) is 6.43. The fraction of sp³-hybridized carbons (Fsp3) is 0.321. The van der Waals surface area contributed by atoms with Crippen molar-refractivity contribution in [2.24, 2.45) is 5.92 Å². The summed E-state index contributed by atoms with van der Waals surface area (Å²) in [6, 6.07) is 25.8. The molecule has 4 rings (SSSR count). The Morgan fingerprint density at radius 1 is 0.848 bits per heavy atom. The molecule has 1 aliphatic rings. The first-order chi connectivity index (χ1) is 16.1. The summed E-state index contributed by atoms with van der Waals surface area (Å²) >= 11 is 12.3. The van der Waals surface area contributed by atoms with E-state index in [0.717, 1.165) is 37.5 Å². The number of carbonyl (C=O) groups is 1. The summed E-state index contributed by atoms with van der Waals surface area (Å²) in [5, 5.41) is 1.04. The molecule has 3 aromatic rings. The molecule has 0 bridgehead atoms. The van der Waals surface area contributed by atoms with Crippen LogP contribution >= 0.6 is 23.2 Å². The van der Waals surface area contributed by atoms with E-state index >= 15 is 0 Å². The number of rotatable bonds is 8. The van der Waals surface area contributed by atoms with Gasteiger partial charge in [0.25, 0.3) is 5.91 Å². The van der Waals surface area contributed by atoms with Gasteiger partial charge in [0.15, 0.2) is 0 Å². The highest BCUT2D eigenvalue weighted by Crippen LogP contribution is 2.24. The number of piperidine rings is 1. The van der Waals surface area contributed by atoms with Gasteiger partial charge in [-0.2, -0.15) is 0 Å². The zero-order valence-electron chi connectivity index (χ0n) is 18.8. The smallest absolute Gasteiger partial charge is 0.254 e. The summed E-state index contributed by atoms with van der Waals surface area (Å²) in [4.78, 5) is 17.7. The SMILES string of the molecule is O=C(c1ccccc1)N(CCN1CCC(Cc2ccccc2)CC1)Cc1ccc(Cl)c(Cl)c1. The molecule has 1 aliphatic heterocycles. The molecule has 1 fully saturated rings. The monoisotopic (exact) mass is 480 g/mol. The van der Waals surface area contributed by atoms with E-state index in [2.05, 4.69) is 35.2 Å². The van der Waals surface area contributed by atoms with Gasteiger partial charge in [-0.3, -0.25) is 4.79 Å². The quantitative estimate of drug-likeness (QED) is 0.362. The van der Waals surface area contributed by atoms with Crippen molar-refractivity contribution in [3.05, 3.63) is 106 Å². The van der Waals surface area contributed by atoms with Crippen molar-refractivity contribution >= 4 is 29.1 Å². The molecule has 3 aromatic carbocycles. The number of halogens is 2. The van der Waals surface area contributed by atoms with Gasteiger partial charge in [0.1, 0.15) is 0 Å². The van der Waals surface area contributed by atoms with Crippen molar-refractivity contribution in [2.75, 3.05) is 26.2 Å². The lowest BCUT2D eigenvalue weighted by atomic mass is 9.90. The first-order valence-corrected chi connectivity index (χ1v) is 12.4. The number of carbonyl (C=O) groups excluding carboxylic acids is 1. The lowest BCUT2D eigenvalue weighted by molar-refractivity contribution is 0.0708. The van der Waals surface area contributed by atoms with Gasteiger partial charge in [0.2, 0.25) is 0 Å². The maximum absolute atomic E-state index is 13.3. The Bertz CT molecular complexity index is 1030. The average molecular weight is 481 g/mol. The summed E-state index contributed by atoms with van der Waals surface area (Å²) in [6.45, 7) is 4.22. The summed E-state index contributed by atoms with van der Waals surface area (Å²) < 4.78 is 0. The van der Waals surface area contributed by atoms with Crippen LogP contribution in [0, 0.1) is 5.92 Å². The molecule has 0 aromatic heterocycles.